The van der Waals surface area contributed by atoms with E-state index in [1.54, 1.807) is 11.8 Å². The summed E-state index contributed by atoms with van der Waals surface area (Å²) in [5, 5.41) is 0.498. The molecule has 2 atom stereocenters. The van der Waals surface area contributed by atoms with Gasteiger partial charge in [0, 0.05) is 11.3 Å². The van der Waals surface area contributed by atoms with Crippen LogP contribution in [0.4, 0.5) is 4.39 Å². The third kappa shape index (κ3) is 3.05. The number of sulfonamides is 1. The normalized spacial score (nSPS) is 24.3. The molecule has 0 heterocycles. The molecule has 0 saturated heterocycles. The van der Waals surface area contributed by atoms with Crippen molar-refractivity contribution in [2.45, 2.75) is 35.4 Å². The van der Waals surface area contributed by atoms with Crippen LogP contribution >= 0.6 is 11.8 Å². The molecule has 6 heteroatoms. The smallest absolute Gasteiger partial charge is 0.208 e. The highest BCUT2D eigenvalue weighted by molar-refractivity contribution is 7.99. The van der Waals surface area contributed by atoms with Gasteiger partial charge in [-0.1, -0.05) is 12.1 Å². The first-order chi connectivity index (χ1) is 8.53. The van der Waals surface area contributed by atoms with Crippen LogP contribution in [-0.2, 0) is 10.0 Å². The van der Waals surface area contributed by atoms with Gasteiger partial charge in [-0.2, -0.15) is 11.8 Å². The summed E-state index contributed by atoms with van der Waals surface area (Å²) < 4.78 is 40.2. The van der Waals surface area contributed by atoms with E-state index in [4.69, 9.17) is 0 Å². The third-order valence-electron chi connectivity index (χ3n) is 3.17. The molecule has 1 aromatic rings. The fraction of sp³-hybridized carbons (Fsp3) is 0.500. The Labute approximate surface area is 111 Å². The van der Waals surface area contributed by atoms with Gasteiger partial charge in [0.2, 0.25) is 10.0 Å². The molecule has 1 saturated carbocycles. The molecular weight excluding hydrogens is 273 g/mol. The Hall–Kier alpha value is -0.590. The Morgan fingerprint density at radius 1 is 1.33 bits per heavy atom. The van der Waals surface area contributed by atoms with E-state index in [-0.39, 0.29) is 10.9 Å². The first-order valence-electron chi connectivity index (χ1n) is 5.82. The van der Waals surface area contributed by atoms with Gasteiger partial charge in [-0.3, -0.25) is 0 Å². The second-order valence-electron chi connectivity index (χ2n) is 4.42. The second kappa shape index (κ2) is 5.59. The fourth-order valence-corrected chi connectivity index (χ4v) is 4.37. The van der Waals surface area contributed by atoms with Crippen molar-refractivity contribution in [3.63, 3.8) is 0 Å². The van der Waals surface area contributed by atoms with Crippen LogP contribution < -0.4 is 4.72 Å². The molecule has 0 amide bonds. The number of nitrogens with one attached hydrogen (secondary N) is 1. The highest BCUT2D eigenvalue weighted by atomic mass is 32.2. The molecule has 0 bridgehead atoms. The largest absolute Gasteiger partial charge is 0.243 e. The van der Waals surface area contributed by atoms with Crippen LogP contribution in [0.3, 0.4) is 0 Å². The van der Waals surface area contributed by atoms with Crippen molar-refractivity contribution in [1.82, 2.24) is 4.72 Å². The van der Waals surface area contributed by atoms with Gasteiger partial charge in [-0.25, -0.2) is 17.5 Å². The molecule has 2 rings (SSSR count). The number of hydrogen-bond donors (Lipinski definition) is 1. The molecule has 0 aromatic heterocycles. The molecule has 0 radical (unpaired) electrons. The molecular formula is C12H16FNO2S2. The monoisotopic (exact) mass is 289 g/mol. The van der Waals surface area contributed by atoms with Gasteiger partial charge >= 0.3 is 0 Å². The predicted octanol–water partition coefficient (Wildman–Crippen LogP) is 2.39. The van der Waals surface area contributed by atoms with Crippen molar-refractivity contribution in [2.75, 3.05) is 6.26 Å². The number of rotatable bonds is 4. The summed E-state index contributed by atoms with van der Waals surface area (Å²) in [6, 6.07) is 5.38. The zero-order valence-electron chi connectivity index (χ0n) is 10.1. The maximum atomic E-state index is 13.5. The van der Waals surface area contributed by atoms with E-state index in [1.165, 1.54) is 18.2 Å². The molecule has 1 N–H and O–H groups in total. The van der Waals surface area contributed by atoms with Crippen molar-refractivity contribution in [1.29, 1.82) is 0 Å². The van der Waals surface area contributed by atoms with Gasteiger partial charge in [-0.05, 0) is 37.7 Å². The fourth-order valence-electron chi connectivity index (χ4n) is 2.21. The molecule has 3 nitrogen and oxygen atoms in total. The van der Waals surface area contributed by atoms with Gasteiger partial charge in [0.25, 0.3) is 0 Å². The molecule has 1 aliphatic carbocycles. The molecule has 18 heavy (non-hydrogen) atoms. The van der Waals surface area contributed by atoms with Gasteiger partial charge in [0.1, 0.15) is 10.7 Å². The first-order valence-corrected chi connectivity index (χ1v) is 8.59. The summed E-state index contributed by atoms with van der Waals surface area (Å²) in [5.74, 6) is -0.704. The quantitative estimate of drug-likeness (QED) is 0.925. The average Bonchev–Trinajstić information content (AvgIpc) is 2.76. The summed E-state index contributed by atoms with van der Waals surface area (Å²) in [5.41, 5.74) is 0. The minimum absolute atomic E-state index is 0.0768. The molecule has 100 valence electrons. The van der Waals surface area contributed by atoms with Crippen LogP contribution in [0, 0.1) is 5.82 Å². The van der Waals surface area contributed by atoms with Gasteiger partial charge in [0.15, 0.2) is 0 Å². The lowest BCUT2D eigenvalue weighted by Crippen LogP contribution is -2.33. The van der Waals surface area contributed by atoms with Gasteiger partial charge in [-0.15, -0.1) is 0 Å². The van der Waals surface area contributed by atoms with Crippen LogP contribution in [0.1, 0.15) is 19.3 Å². The van der Waals surface area contributed by atoms with Crippen LogP contribution in [0.5, 0.6) is 0 Å². The number of hydrogen-bond acceptors (Lipinski definition) is 3. The highest BCUT2D eigenvalue weighted by Gasteiger charge is 2.29. The zero-order chi connectivity index (χ0) is 13.2. The third-order valence-corrected chi connectivity index (χ3v) is 5.81. The lowest BCUT2D eigenvalue weighted by Gasteiger charge is -2.13. The maximum absolute atomic E-state index is 13.5. The molecule has 1 aliphatic rings. The second-order valence-corrected chi connectivity index (χ2v) is 7.24. The lowest BCUT2D eigenvalue weighted by molar-refractivity contribution is 0.537. The van der Waals surface area contributed by atoms with Crippen LogP contribution in [0.25, 0.3) is 0 Å². The van der Waals surface area contributed by atoms with E-state index in [0.29, 0.717) is 5.25 Å². The van der Waals surface area contributed by atoms with Crippen molar-refractivity contribution in [2.24, 2.45) is 0 Å². The summed E-state index contributed by atoms with van der Waals surface area (Å²) in [6.07, 6.45) is 4.66. The zero-order valence-corrected chi connectivity index (χ0v) is 11.7. The predicted molar refractivity (Wildman–Crippen MR) is 71.7 cm³/mol. The Morgan fingerprint density at radius 3 is 2.67 bits per heavy atom. The van der Waals surface area contributed by atoms with Gasteiger partial charge < -0.3 is 0 Å². The van der Waals surface area contributed by atoms with E-state index in [1.807, 2.05) is 6.26 Å². The summed E-state index contributed by atoms with van der Waals surface area (Å²) in [6.45, 7) is 0. The van der Waals surface area contributed by atoms with Crippen LogP contribution in [0.2, 0.25) is 0 Å². The van der Waals surface area contributed by atoms with Gasteiger partial charge in [0.05, 0.1) is 0 Å². The number of thioether (sulfide) groups is 1. The molecule has 1 fully saturated rings. The van der Waals surface area contributed by atoms with Crippen molar-refractivity contribution in [3.05, 3.63) is 30.1 Å². The molecule has 0 spiro atoms. The summed E-state index contributed by atoms with van der Waals surface area (Å²) >= 11 is 1.75. The van der Waals surface area contributed by atoms with E-state index in [0.717, 1.165) is 25.3 Å². The number of halogens is 1. The van der Waals surface area contributed by atoms with Crippen LogP contribution in [-0.4, -0.2) is 26.0 Å². The minimum Gasteiger partial charge on any atom is -0.208 e. The number of benzene rings is 1. The molecule has 0 aliphatic heterocycles. The maximum Gasteiger partial charge on any atom is 0.243 e. The molecule has 2 unspecified atom stereocenters. The topological polar surface area (TPSA) is 46.2 Å². The van der Waals surface area contributed by atoms with E-state index >= 15 is 0 Å². The first kappa shape index (κ1) is 13.8. The van der Waals surface area contributed by atoms with E-state index in [9.17, 15) is 12.8 Å². The van der Waals surface area contributed by atoms with Crippen LogP contribution in [0.15, 0.2) is 29.2 Å². The van der Waals surface area contributed by atoms with Crippen molar-refractivity contribution < 1.29 is 12.8 Å². The highest BCUT2D eigenvalue weighted by Crippen LogP contribution is 2.29. The van der Waals surface area contributed by atoms with E-state index in [2.05, 4.69) is 4.72 Å². The SMILES string of the molecule is CSC1CCC(NS(=O)(=O)c2ccccc2F)C1. The van der Waals surface area contributed by atoms with Crippen molar-refractivity contribution >= 4 is 21.8 Å². The van der Waals surface area contributed by atoms with E-state index < -0.39 is 15.8 Å². The summed E-state index contributed by atoms with van der Waals surface area (Å²) in [7, 11) is -3.74. The Balaban J connectivity index is 2.11. The Morgan fingerprint density at radius 2 is 2.06 bits per heavy atom. The average molecular weight is 289 g/mol. The lowest BCUT2D eigenvalue weighted by atomic mass is 10.3. The minimum atomic E-state index is -3.74. The molecule has 1 aromatic carbocycles. The summed E-state index contributed by atoms with van der Waals surface area (Å²) in [4.78, 5) is -0.266. The standard InChI is InChI=1S/C12H16FNO2S2/c1-17-10-7-6-9(8-10)14-18(15,16)12-5-3-2-4-11(12)13/h2-5,9-10,14H,6-8H2,1H3. The van der Waals surface area contributed by atoms with Crippen molar-refractivity contribution in [3.8, 4) is 0 Å². The Kier molecular flexibility index (Phi) is 4.29. The Bertz CT molecular complexity index is 519.